The molecule has 2 unspecified atom stereocenters. The molecule has 0 bridgehead atoms. The minimum absolute atomic E-state index is 0.0170. The van der Waals surface area contributed by atoms with E-state index in [1.165, 1.54) is 12.1 Å². The number of halogens is 4. The van der Waals surface area contributed by atoms with Crippen LogP contribution in [0.15, 0.2) is 24.3 Å². The summed E-state index contributed by atoms with van der Waals surface area (Å²) >= 11 is 6.20. The summed E-state index contributed by atoms with van der Waals surface area (Å²) in [7, 11) is 0. The third-order valence-electron chi connectivity index (χ3n) is 3.09. The molecule has 18 heavy (non-hydrogen) atoms. The molecule has 0 aliphatic rings. The highest BCUT2D eigenvalue weighted by Gasteiger charge is 2.29. The fourth-order valence-corrected chi connectivity index (χ4v) is 2.25. The molecule has 0 spiro atoms. The van der Waals surface area contributed by atoms with Crippen molar-refractivity contribution in [3.63, 3.8) is 0 Å². The first kappa shape index (κ1) is 15.4. The molecular weight excluding hydrogens is 261 g/mol. The van der Waals surface area contributed by atoms with Crippen molar-refractivity contribution in [2.45, 2.75) is 44.7 Å². The van der Waals surface area contributed by atoms with Gasteiger partial charge in [-0.2, -0.15) is 13.2 Å². The van der Waals surface area contributed by atoms with E-state index < -0.39 is 11.7 Å². The second-order valence-corrected chi connectivity index (χ2v) is 5.36. The van der Waals surface area contributed by atoms with Crippen LogP contribution in [-0.4, -0.2) is 5.38 Å². The van der Waals surface area contributed by atoms with Crippen LogP contribution in [0.5, 0.6) is 0 Å². The van der Waals surface area contributed by atoms with Crippen LogP contribution < -0.4 is 0 Å². The van der Waals surface area contributed by atoms with Gasteiger partial charge in [0.2, 0.25) is 0 Å². The minimum Gasteiger partial charge on any atom is -0.166 e. The van der Waals surface area contributed by atoms with Crippen molar-refractivity contribution in [2.24, 2.45) is 5.92 Å². The van der Waals surface area contributed by atoms with E-state index in [1.54, 1.807) is 0 Å². The lowest BCUT2D eigenvalue weighted by Gasteiger charge is -2.14. The molecule has 0 nitrogen and oxygen atoms in total. The van der Waals surface area contributed by atoms with E-state index in [-0.39, 0.29) is 5.38 Å². The molecule has 0 fully saturated rings. The molecule has 102 valence electrons. The van der Waals surface area contributed by atoms with Crippen molar-refractivity contribution in [1.29, 1.82) is 0 Å². The lowest BCUT2D eigenvalue weighted by Crippen LogP contribution is -2.09. The summed E-state index contributed by atoms with van der Waals surface area (Å²) in [5.41, 5.74) is 0.241. The monoisotopic (exact) mass is 278 g/mol. The van der Waals surface area contributed by atoms with Crippen LogP contribution in [0.2, 0.25) is 0 Å². The fourth-order valence-electron chi connectivity index (χ4n) is 1.77. The van der Waals surface area contributed by atoms with Gasteiger partial charge in [-0.1, -0.05) is 32.4 Å². The molecular formula is C14H18ClF3. The molecule has 0 aliphatic carbocycles. The van der Waals surface area contributed by atoms with E-state index in [1.807, 2.05) is 0 Å². The van der Waals surface area contributed by atoms with E-state index in [4.69, 9.17) is 11.6 Å². The van der Waals surface area contributed by atoms with Gasteiger partial charge in [-0.05, 0) is 36.5 Å². The zero-order valence-electron chi connectivity index (χ0n) is 10.6. The number of alkyl halides is 4. The third kappa shape index (κ3) is 4.89. The standard InChI is InChI=1S/C14H18ClF3/c1-3-10(2)8-13(15)9-11-4-6-12(7-5-11)14(16,17)18/h4-7,10,13H,3,8-9H2,1-2H3. The van der Waals surface area contributed by atoms with Crippen LogP contribution in [0.3, 0.4) is 0 Å². The van der Waals surface area contributed by atoms with Crippen molar-refractivity contribution < 1.29 is 13.2 Å². The molecule has 0 radical (unpaired) electrons. The smallest absolute Gasteiger partial charge is 0.166 e. The molecule has 0 saturated carbocycles. The average molecular weight is 279 g/mol. The van der Waals surface area contributed by atoms with Gasteiger partial charge in [0, 0.05) is 5.38 Å². The summed E-state index contributed by atoms with van der Waals surface area (Å²) < 4.78 is 37.1. The van der Waals surface area contributed by atoms with Gasteiger partial charge in [-0.15, -0.1) is 11.6 Å². The molecule has 1 aromatic carbocycles. The highest BCUT2D eigenvalue weighted by molar-refractivity contribution is 6.20. The lowest BCUT2D eigenvalue weighted by atomic mass is 9.98. The number of hydrogen-bond donors (Lipinski definition) is 0. The second kappa shape index (κ2) is 6.46. The highest BCUT2D eigenvalue weighted by Crippen LogP contribution is 2.29. The Kier molecular flexibility index (Phi) is 5.51. The predicted octanol–water partition coefficient (Wildman–Crippen LogP) is 5.29. The van der Waals surface area contributed by atoms with Gasteiger partial charge in [-0.25, -0.2) is 0 Å². The Balaban J connectivity index is 2.58. The zero-order valence-corrected chi connectivity index (χ0v) is 11.4. The molecule has 4 heteroatoms. The van der Waals surface area contributed by atoms with Gasteiger partial charge in [-0.3, -0.25) is 0 Å². The van der Waals surface area contributed by atoms with Crippen molar-refractivity contribution >= 4 is 11.6 Å². The van der Waals surface area contributed by atoms with Crippen molar-refractivity contribution in [3.05, 3.63) is 35.4 Å². The van der Waals surface area contributed by atoms with Crippen LogP contribution >= 0.6 is 11.6 Å². The molecule has 1 rings (SSSR count). The van der Waals surface area contributed by atoms with Crippen molar-refractivity contribution in [2.75, 3.05) is 0 Å². The summed E-state index contributed by atoms with van der Waals surface area (Å²) in [6, 6.07) is 5.24. The Morgan fingerprint density at radius 2 is 1.72 bits per heavy atom. The van der Waals surface area contributed by atoms with Gasteiger partial charge in [0.05, 0.1) is 5.56 Å². The Bertz CT molecular complexity index is 356. The van der Waals surface area contributed by atoms with Crippen LogP contribution in [-0.2, 0) is 12.6 Å². The number of rotatable bonds is 5. The third-order valence-corrected chi connectivity index (χ3v) is 3.43. The highest BCUT2D eigenvalue weighted by atomic mass is 35.5. The summed E-state index contributed by atoms with van der Waals surface area (Å²) in [4.78, 5) is 0. The van der Waals surface area contributed by atoms with E-state index in [0.29, 0.717) is 12.3 Å². The van der Waals surface area contributed by atoms with E-state index in [0.717, 1.165) is 30.5 Å². The first-order valence-electron chi connectivity index (χ1n) is 6.13. The maximum Gasteiger partial charge on any atom is 0.416 e. The van der Waals surface area contributed by atoms with Crippen LogP contribution in [0.25, 0.3) is 0 Å². The molecule has 1 aromatic rings. The van der Waals surface area contributed by atoms with Gasteiger partial charge in [0.1, 0.15) is 0 Å². The molecule has 0 aliphatic heterocycles. The summed E-state index contributed by atoms with van der Waals surface area (Å²) in [5.74, 6) is 0.543. The topological polar surface area (TPSA) is 0 Å². The molecule has 2 atom stereocenters. The largest absolute Gasteiger partial charge is 0.416 e. The number of hydrogen-bond acceptors (Lipinski definition) is 0. The van der Waals surface area contributed by atoms with Gasteiger partial charge in [0.15, 0.2) is 0 Å². The lowest BCUT2D eigenvalue weighted by molar-refractivity contribution is -0.137. The van der Waals surface area contributed by atoms with Gasteiger partial charge < -0.3 is 0 Å². The molecule has 0 saturated heterocycles. The Morgan fingerprint density at radius 3 is 2.17 bits per heavy atom. The predicted molar refractivity (Wildman–Crippen MR) is 68.9 cm³/mol. The molecule has 0 heterocycles. The zero-order chi connectivity index (χ0) is 13.8. The van der Waals surface area contributed by atoms with E-state index >= 15 is 0 Å². The normalized spacial score (nSPS) is 15.4. The SMILES string of the molecule is CCC(C)CC(Cl)Cc1ccc(C(F)(F)F)cc1. The maximum atomic E-state index is 12.4. The van der Waals surface area contributed by atoms with E-state index in [2.05, 4.69) is 13.8 Å². The number of benzene rings is 1. The fraction of sp³-hybridized carbons (Fsp3) is 0.571. The average Bonchev–Trinajstić information content (AvgIpc) is 2.28. The Labute approximate surface area is 111 Å². The van der Waals surface area contributed by atoms with Gasteiger partial charge >= 0.3 is 6.18 Å². The Morgan fingerprint density at radius 1 is 1.17 bits per heavy atom. The second-order valence-electron chi connectivity index (χ2n) is 4.75. The summed E-state index contributed by atoms with van der Waals surface area (Å²) in [6.45, 7) is 4.23. The van der Waals surface area contributed by atoms with E-state index in [9.17, 15) is 13.2 Å². The van der Waals surface area contributed by atoms with Crippen LogP contribution in [0, 0.1) is 5.92 Å². The molecule has 0 amide bonds. The minimum atomic E-state index is -4.27. The molecule has 0 N–H and O–H groups in total. The molecule has 0 aromatic heterocycles. The Hall–Kier alpha value is -0.700. The quantitative estimate of drug-likeness (QED) is 0.642. The van der Waals surface area contributed by atoms with Gasteiger partial charge in [0.25, 0.3) is 0 Å². The summed E-state index contributed by atoms with van der Waals surface area (Å²) in [6.07, 6.45) is -1.70. The maximum absolute atomic E-state index is 12.4. The first-order valence-corrected chi connectivity index (χ1v) is 6.56. The van der Waals surface area contributed by atoms with Crippen LogP contribution in [0.1, 0.15) is 37.8 Å². The van der Waals surface area contributed by atoms with Crippen LogP contribution in [0.4, 0.5) is 13.2 Å². The van der Waals surface area contributed by atoms with Crippen molar-refractivity contribution in [1.82, 2.24) is 0 Å². The summed E-state index contributed by atoms with van der Waals surface area (Å²) in [5, 5.41) is -0.0170. The van der Waals surface area contributed by atoms with Crippen molar-refractivity contribution in [3.8, 4) is 0 Å². The first-order chi connectivity index (χ1) is 8.32.